The number of benzene rings is 1. The number of hydrogen-bond donors (Lipinski definition) is 0. The fraction of sp³-hybridized carbons (Fsp3) is 0.583. The van der Waals surface area contributed by atoms with E-state index < -0.39 is 5.60 Å². The van der Waals surface area contributed by atoms with Gasteiger partial charge in [-0.3, -0.25) is 9.69 Å². The monoisotopic (exact) mass is 459 g/mol. The first-order valence-corrected chi connectivity index (χ1v) is 11.7. The van der Waals surface area contributed by atoms with E-state index in [1.165, 1.54) is 12.1 Å². The number of rotatable bonds is 8. The second-order valence-electron chi connectivity index (χ2n) is 8.98. The molecule has 2 aliphatic rings. The van der Waals surface area contributed by atoms with Crippen LogP contribution in [-0.4, -0.2) is 95.3 Å². The first-order valence-electron chi connectivity index (χ1n) is 11.7. The standard InChI is InChI=1S/C24H34FN5O3/c1-3-29-9-8-26-22(29)17-28-14-15-33-24(18-28,19-32-21-6-4-20(25)5-7-21)16-23(31)30-12-10-27(2)11-13-30/h4-9H,3,10-19H2,1-2H3/t24-/m0/s1. The van der Waals surface area contributed by atoms with Gasteiger partial charge in [0.2, 0.25) is 5.91 Å². The quantitative estimate of drug-likeness (QED) is 0.601. The Hall–Kier alpha value is -2.49. The van der Waals surface area contributed by atoms with Crippen LogP contribution in [0.3, 0.4) is 0 Å². The average Bonchev–Trinajstić information content (AvgIpc) is 3.26. The Kier molecular flexibility index (Phi) is 7.62. The van der Waals surface area contributed by atoms with E-state index in [9.17, 15) is 9.18 Å². The number of nitrogens with zero attached hydrogens (tertiary/aromatic N) is 5. The van der Waals surface area contributed by atoms with E-state index in [2.05, 4.69) is 33.3 Å². The predicted molar refractivity (Wildman–Crippen MR) is 122 cm³/mol. The zero-order valence-corrected chi connectivity index (χ0v) is 19.6. The van der Waals surface area contributed by atoms with Gasteiger partial charge in [0, 0.05) is 58.2 Å². The third kappa shape index (κ3) is 6.10. The zero-order valence-electron chi connectivity index (χ0n) is 19.6. The van der Waals surface area contributed by atoms with Gasteiger partial charge in [0.25, 0.3) is 0 Å². The van der Waals surface area contributed by atoms with Crippen molar-refractivity contribution in [2.45, 2.75) is 32.0 Å². The molecule has 2 aliphatic heterocycles. The minimum Gasteiger partial charge on any atom is -0.491 e. The highest BCUT2D eigenvalue weighted by Gasteiger charge is 2.41. The molecule has 33 heavy (non-hydrogen) atoms. The Morgan fingerprint density at radius 1 is 1.18 bits per heavy atom. The maximum atomic E-state index is 13.3. The number of morpholine rings is 1. The van der Waals surface area contributed by atoms with E-state index in [4.69, 9.17) is 9.47 Å². The van der Waals surface area contributed by atoms with Crippen LogP contribution in [0.4, 0.5) is 4.39 Å². The molecule has 0 bridgehead atoms. The SMILES string of the molecule is CCn1ccnc1CN1CCO[C@@](COc2ccc(F)cc2)(CC(=O)N2CCN(C)CC2)C1. The molecule has 0 radical (unpaired) electrons. The molecular formula is C24H34FN5O3. The minimum absolute atomic E-state index is 0.0858. The Morgan fingerprint density at radius 3 is 2.67 bits per heavy atom. The molecule has 2 fully saturated rings. The predicted octanol–water partition coefficient (Wildman–Crippen LogP) is 1.86. The second kappa shape index (κ2) is 10.6. The number of ether oxygens (including phenoxy) is 2. The molecule has 4 rings (SSSR count). The number of imidazole rings is 1. The second-order valence-corrected chi connectivity index (χ2v) is 8.98. The summed E-state index contributed by atoms with van der Waals surface area (Å²) >= 11 is 0. The number of aromatic nitrogens is 2. The summed E-state index contributed by atoms with van der Waals surface area (Å²) in [4.78, 5) is 24.2. The Bertz CT molecular complexity index is 913. The number of halogens is 1. The summed E-state index contributed by atoms with van der Waals surface area (Å²) in [6, 6.07) is 5.94. The molecule has 1 aromatic carbocycles. The maximum Gasteiger partial charge on any atom is 0.225 e. The van der Waals surface area contributed by atoms with Crippen LogP contribution in [0.2, 0.25) is 0 Å². The number of amides is 1. The Labute approximate surface area is 194 Å². The van der Waals surface area contributed by atoms with Gasteiger partial charge in [0.05, 0.1) is 19.6 Å². The van der Waals surface area contributed by atoms with Gasteiger partial charge in [0.1, 0.15) is 29.6 Å². The van der Waals surface area contributed by atoms with E-state index in [0.29, 0.717) is 25.4 Å². The maximum absolute atomic E-state index is 13.3. The molecule has 2 aromatic rings. The van der Waals surface area contributed by atoms with Crippen molar-refractivity contribution in [2.75, 3.05) is 59.5 Å². The molecule has 0 unspecified atom stereocenters. The van der Waals surface area contributed by atoms with Gasteiger partial charge in [-0.1, -0.05) is 0 Å². The number of likely N-dealkylation sites (N-methyl/N-ethyl adjacent to an activating group) is 1. The summed E-state index contributed by atoms with van der Waals surface area (Å²) in [6.45, 7) is 8.89. The summed E-state index contributed by atoms with van der Waals surface area (Å²) in [5.41, 5.74) is -0.781. The number of piperazine rings is 1. The minimum atomic E-state index is -0.781. The van der Waals surface area contributed by atoms with E-state index in [1.54, 1.807) is 12.1 Å². The van der Waals surface area contributed by atoms with Crippen LogP contribution in [0.15, 0.2) is 36.7 Å². The topological polar surface area (TPSA) is 63.1 Å². The molecule has 180 valence electrons. The highest BCUT2D eigenvalue weighted by atomic mass is 19.1. The molecular weight excluding hydrogens is 425 g/mol. The van der Waals surface area contributed by atoms with Crippen molar-refractivity contribution < 1.29 is 18.7 Å². The fourth-order valence-electron chi connectivity index (χ4n) is 4.47. The summed E-state index contributed by atoms with van der Waals surface area (Å²) in [6.07, 6.45) is 4.05. The number of carbonyl (C=O) groups excluding carboxylic acids is 1. The van der Waals surface area contributed by atoms with E-state index in [-0.39, 0.29) is 24.8 Å². The van der Waals surface area contributed by atoms with Gasteiger partial charge in [-0.05, 0) is 38.2 Å². The molecule has 3 heterocycles. The van der Waals surface area contributed by atoms with Crippen LogP contribution in [0, 0.1) is 5.82 Å². The van der Waals surface area contributed by atoms with Crippen molar-refractivity contribution >= 4 is 5.91 Å². The van der Waals surface area contributed by atoms with Crippen molar-refractivity contribution in [3.8, 4) is 5.75 Å². The van der Waals surface area contributed by atoms with E-state index in [0.717, 1.165) is 45.1 Å². The van der Waals surface area contributed by atoms with Gasteiger partial charge in [-0.15, -0.1) is 0 Å². The summed E-state index contributed by atoms with van der Waals surface area (Å²) in [5.74, 6) is 1.33. The fourth-order valence-corrected chi connectivity index (χ4v) is 4.47. The Balaban J connectivity index is 1.48. The third-order valence-electron chi connectivity index (χ3n) is 6.48. The lowest BCUT2D eigenvalue weighted by Gasteiger charge is -2.43. The van der Waals surface area contributed by atoms with E-state index in [1.807, 2.05) is 17.3 Å². The van der Waals surface area contributed by atoms with Crippen LogP contribution in [0.25, 0.3) is 0 Å². The molecule has 0 N–H and O–H groups in total. The van der Waals surface area contributed by atoms with Crippen molar-refractivity contribution in [1.29, 1.82) is 0 Å². The van der Waals surface area contributed by atoms with Crippen LogP contribution in [0.5, 0.6) is 5.75 Å². The molecule has 0 saturated carbocycles. The molecule has 0 spiro atoms. The highest BCUT2D eigenvalue weighted by molar-refractivity contribution is 5.77. The number of aryl methyl sites for hydroxylation is 1. The molecule has 1 atom stereocenters. The first-order chi connectivity index (χ1) is 16.0. The lowest BCUT2D eigenvalue weighted by molar-refractivity contribution is -0.158. The molecule has 1 aromatic heterocycles. The normalized spacial score (nSPS) is 22.5. The third-order valence-corrected chi connectivity index (χ3v) is 6.48. The number of carbonyl (C=O) groups is 1. The zero-order chi connectivity index (χ0) is 23.3. The first kappa shape index (κ1) is 23.7. The molecule has 0 aliphatic carbocycles. The molecule has 1 amide bonds. The van der Waals surface area contributed by atoms with Crippen molar-refractivity contribution in [3.63, 3.8) is 0 Å². The van der Waals surface area contributed by atoms with Crippen molar-refractivity contribution in [3.05, 3.63) is 48.3 Å². The average molecular weight is 460 g/mol. The van der Waals surface area contributed by atoms with Gasteiger partial charge < -0.3 is 23.8 Å². The van der Waals surface area contributed by atoms with Crippen molar-refractivity contribution in [2.24, 2.45) is 0 Å². The summed E-state index contributed by atoms with van der Waals surface area (Å²) < 4.78 is 27.7. The van der Waals surface area contributed by atoms with Gasteiger partial charge in [-0.25, -0.2) is 9.37 Å². The van der Waals surface area contributed by atoms with Crippen LogP contribution in [-0.2, 0) is 22.6 Å². The van der Waals surface area contributed by atoms with Gasteiger partial charge >= 0.3 is 0 Å². The van der Waals surface area contributed by atoms with Gasteiger partial charge in [0.15, 0.2) is 0 Å². The highest BCUT2D eigenvalue weighted by Crippen LogP contribution is 2.26. The smallest absolute Gasteiger partial charge is 0.225 e. The Morgan fingerprint density at radius 2 is 1.94 bits per heavy atom. The number of hydrogen-bond acceptors (Lipinski definition) is 6. The van der Waals surface area contributed by atoms with Crippen LogP contribution < -0.4 is 4.74 Å². The lowest BCUT2D eigenvalue weighted by Crippen LogP contribution is -2.58. The molecule has 8 nitrogen and oxygen atoms in total. The van der Waals surface area contributed by atoms with Gasteiger partial charge in [-0.2, -0.15) is 0 Å². The molecule has 9 heteroatoms. The van der Waals surface area contributed by atoms with Crippen molar-refractivity contribution in [1.82, 2.24) is 24.3 Å². The van der Waals surface area contributed by atoms with Crippen LogP contribution in [0.1, 0.15) is 19.2 Å². The largest absolute Gasteiger partial charge is 0.491 e. The molecule has 2 saturated heterocycles. The van der Waals surface area contributed by atoms with Crippen LogP contribution >= 0.6 is 0 Å². The van der Waals surface area contributed by atoms with E-state index >= 15 is 0 Å². The lowest BCUT2D eigenvalue weighted by atomic mass is 9.96. The summed E-state index contributed by atoms with van der Waals surface area (Å²) in [5, 5.41) is 0. The summed E-state index contributed by atoms with van der Waals surface area (Å²) in [7, 11) is 2.07.